The number of aliphatic hydroxyl groups excluding tert-OH is 1. The highest BCUT2D eigenvalue weighted by atomic mass is 32.2. The molecular formula is C15H18N2O3S. The molecule has 0 radical (unpaired) electrons. The Labute approximate surface area is 127 Å². The van der Waals surface area contributed by atoms with Gasteiger partial charge in [0.15, 0.2) is 0 Å². The van der Waals surface area contributed by atoms with E-state index in [0.717, 1.165) is 16.0 Å². The van der Waals surface area contributed by atoms with E-state index < -0.39 is 0 Å². The standard InChI is InChI=1S/C15H18N2O3S/c1-11-13(7-8-18)15(20)17(16-11)14(19)10-21-9-12-5-3-2-4-6-12/h2-6,16,18H,7-10H2,1H3. The lowest BCUT2D eigenvalue weighted by Crippen LogP contribution is -2.27. The zero-order chi connectivity index (χ0) is 15.2. The lowest BCUT2D eigenvalue weighted by Gasteiger charge is -2.02. The fraction of sp³-hybridized carbons (Fsp3) is 0.333. The second kappa shape index (κ2) is 7.28. The van der Waals surface area contributed by atoms with E-state index in [1.165, 1.54) is 11.8 Å². The number of nitrogens with one attached hydrogen (secondary N) is 1. The molecule has 0 unspecified atom stereocenters. The van der Waals surface area contributed by atoms with E-state index in [2.05, 4.69) is 5.10 Å². The summed E-state index contributed by atoms with van der Waals surface area (Å²) in [5.74, 6) is 0.686. The first-order valence-electron chi connectivity index (χ1n) is 6.69. The molecule has 0 fully saturated rings. The van der Waals surface area contributed by atoms with Gasteiger partial charge in [-0.1, -0.05) is 30.3 Å². The SMILES string of the molecule is Cc1[nH]n(C(=O)CSCc2ccccc2)c(=O)c1CCO. The van der Waals surface area contributed by atoms with Crippen LogP contribution in [0.3, 0.4) is 0 Å². The average molecular weight is 306 g/mol. The highest BCUT2D eigenvalue weighted by Crippen LogP contribution is 2.12. The summed E-state index contributed by atoms with van der Waals surface area (Å²) in [7, 11) is 0. The molecule has 21 heavy (non-hydrogen) atoms. The molecule has 1 aromatic carbocycles. The van der Waals surface area contributed by atoms with Gasteiger partial charge in [-0.25, -0.2) is 0 Å². The van der Waals surface area contributed by atoms with Gasteiger partial charge in [0.25, 0.3) is 11.5 Å². The van der Waals surface area contributed by atoms with E-state index in [4.69, 9.17) is 5.11 Å². The molecule has 0 aliphatic rings. The van der Waals surface area contributed by atoms with Gasteiger partial charge >= 0.3 is 0 Å². The molecule has 0 aliphatic heterocycles. The van der Waals surface area contributed by atoms with Gasteiger partial charge in [-0.3, -0.25) is 14.7 Å². The third kappa shape index (κ3) is 3.86. The molecule has 2 N–H and O–H groups in total. The number of thioether (sulfide) groups is 1. The third-order valence-corrected chi connectivity index (χ3v) is 4.13. The van der Waals surface area contributed by atoms with Crippen molar-refractivity contribution in [2.24, 2.45) is 0 Å². The van der Waals surface area contributed by atoms with E-state index >= 15 is 0 Å². The fourth-order valence-electron chi connectivity index (χ4n) is 2.06. The molecule has 0 saturated heterocycles. The van der Waals surface area contributed by atoms with Gasteiger partial charge in [0.2, 0.25) is 0 Å². The molecule has 0 spiro atoms. The number of H-pyrrole nitrogens is 1. The number of rotatable bonds is 6. The van der Waals surface area contributed by atoms with Crippen molar-refractivity contribution in [3.05, 3.63) is 57.5 Å². The van der Waals surface area contributed by atoms with Gasteiger partial charge in [0.05, 0.1) is 5.75 Å². The maximum absolute atomic E-state index is 12.1. The molecule has 1 aromatic heterocycles. The van der Waals surface area contributed by atoms with Gasteiger partial charge in [-0.15, -0.1) is 11.8 Å². The Hall–Kier alpha value is -1.79. The van der Waals surface area contributed by atoms with Crippen LogP contribution in [0.5, 0.6) is 0 Å². The van der Waals surface area contributed by atoms with Gasteiger partial charge in [-0.2, -0.15) is 4.68 Å². The summed E-state index contributed by atoms with van der Waals surface area (Å²) in [5.41, 5.74) is 1.90. The Kier molecular flexibility index (Phi) is 5.41. The number of carbonyl (C=O) groups excluding carboxylic acids is 1. The number of benzene rings is 1. The first-order valence-corrected chi connectivity index (χ1v) is 7.85. The predicted octanol–water partition coefficient (Wildman–Crippen LogP) is 1.59. The van der Waals surface area contributed by atoms with Gasteiger partial charge in [0.1, 0.15) is 0 Å². The fourth-order valence-corrected chi connectivity index (χ4v) is 2.89. The summed E-state index contributed by atoms with van der Waals surface area (Å²) in [5, 5.41) is 11.7. The van der Waals surface area contributed by atoms with Gasteiger partial charge < -0.3 is 5.11 Å². The maximum atomic E-state index is 12.1. The van der Waals surface area contributed by atoms with Crippen LogP contribution in [0.15, 0.2) is 35.1 Å². The lowest BCUT2D eigenvalue weighted by atomic mass is 10.2. The Morgan fingerprint density at radius 3 is 2.71 bits per heavy atom. The monoisotopic (exact) mass is 306 g/mol. The second-order valence-electron chi connectivity index (χ2n) is 4.70. The molecule has 0 aliphatic carbocycles. The Balaban J connectivity index is 1.98. The molecule has 0 amide bonds. The number of aliphatic hydroxyl groups is 1. The molecule has 5 nitrogen and oxygen atoms in total. The van der Waals surface area contributed by atoms with Crippen molar-refractivity contribution in [3.8, 4) is 0 Å². The highest BCUT2D eigenvalue weighted by molar-refractivity contribution is 7.99. The Morgan fingerprint density at radius 2 is 2.05 bits per heavy atom. The quantitative estimate of drug-likeness (QED) is 0.850. The van der Waals surface area contributed by atoms with Crippen molar-refractivity contribution >= 4 is 17.7 Å². The minimum Gasteiger partial charge on any atom is -0.396 e. The maximum Gasteiger partial charge on any atom is 0.277 e. The molecule has 6 heteroatoms. The summed E-state index contributed by atoms with van der Waals surface area (Å²) in [6.45, 7) is 1.62. The zero-order valence-corrected chi connectivity index (χ0v) is 12.7. The van der Waals surface area contributed by atoms with E-state index in [-0.39, 0.29) is 30.2 Å². The van der Waals surface area contributed by atoms with Crippen molar-refractivity contribution in [1.82, 2.24) is 9.78 Å². The van der Waals surface area contributed by atoms with Crippen molar-refractivity contribution in [3.63, 3.8) is 0 Å². The van der Waals surface area contributed by atoms with Crippen LogP contribution in [0.1, 0.15) is 21.6 Å². The Morgan fingerprint density at radius 1 is 1.33 bits per heavy atom. The first-order chi connectivity index (χ1) is 10.1. The molecular weight excluding hydrogens is 288 g/mol. The Bertz CT molecular complexity index is 661. The van der Waals surface area contributed by atoms with Crippen LogP contribution in [0.2, 0.25) is 0 Å². The van der Waals surface area contributed by atoms with Crippen molar-refractivity contribution in [2.75, 3.05) is 12.4 Å². The number of hydrogen-bond donors (Lipinski definition) is 2. The van der Waals surface area contributed by atoms with Crippen LogP contribution in [0.4, 0.5) is 0 Å². The van der Waals surface area contributed by atoms with Crippen LogP contribution in [0, 0.1) is 6.92 Å². The van der Waals surface area contributed by atoms with E-state index in [0.29, 0.717) is 11.3 Å². The number of nitrogens with zero attached hydrogens (tertiary/aromatic N) is 1. The van der Waals surface area contributed by atoms with E-state index in [1.807, 2.05) is 30.3 Å². The van der Waals surface area contributed by atoms with E-state index in [9.17, 15) is 9.59 Å². The molecule has 0 bridgehead atoms. The van der Waals surface area contributed by atoms with Crippen molar-refractivity contribution in [2.45, 2.75) is 19.1 Å². The van der Waals surface area contributed by atoms with E-state index in [1.54, 1.807) is 6.92 Å². The lowest BCUT2D eigenvalue weighted by molar-refractivity contribution is 0.0922. The van der Waals surface area contributed by atoms with Crippen molar-refractivity contribution < 1.29 is 9.90 Å². The van der Waals surface area contributed by atoms with Gasteiger partial charge in [0, 0.05) is 30.0 Å². The summed E-state index contributed by atoms with van der Waals surface area (Å²) in [6, 6.07) is 9.86. The van der Waals surface area contributed by atoms with Crippen LogP contribution in [0.25, 0.3) is 0 Å². The number of aromatic nitrogens is 2. The van der Waals surface area contributed by atoms with Gasteiger partial charge in [-0.05, 0) is 12.5 Å². The molecule has 0 saturated carbocycles. The highest BCUT2D eigenvalue weighted by Gasteiger charge is 2.15. The topological polar surface area (TPSA) is 75.1 Å². The number of aromatic amines is 1. The molecule has 2 aromatic rings. The number of hydrogen-bond acceptors (Lipinski definition) is 4. The predicted molar refractivity (Wildman–Crippen MR) is 83.8 cm³/mol. The molecule has 112 valence electrons. The summed E-state index contributed by atoms with van der Waals surface area (Å²) < 4.78 is 1.04. The van der Waals surface area contributed by atoms with Crippen LogP contribution in [-0.4, -0.2) is 33.2 Å². The largest absolute Gasteiger partial charge is 0.396 e. The minimum atomic E-state index is -0.355. The minimum absolute atomic E-state index is 0.106. The zero-order valence-electron chi connectivity index (χ0n) is 11.8. The number of aryl methyl sites for hydroxylation is 1. The van der Waals surface area contributed by atoms with Crippen LogP contribution >= 0.6 is 11.8 Å². The first kappa shape index (κ1) is 15.6. The number of carbonyl (C=O) groups is 1. The van der Waals surface area contributed by atoms with Crippen LogP contribution in [-0.2, 0) is 12.2 Å². The summed E-state index contributed by atoms with van der Waals surface area (Å²) >= 11 is 1.47. The third-order valence-electron chi connectivity index (χ3n) is 3.14. The summed E-state index contributed by atoms with van der Waals surface area (Å²) in [6.07, 6.45) is 0.263. The molecule has 2 rings (SSSR count). The summed E-state index contributed by atoms with van der Waals surface area (Å²) in [4.78, 5) is 24.1. The molecule has 1 heterocycles. The second-order valence-corrected chi connectivity index (χ2v) is 5.69. The normalized spacial score (nSPS) is 10.8. The molecule has 0 atom stereocenters. The van der Waals surface area contributed by atoms with Crippen molar-refractivity contribution in [1.29, 1.82) is 0 Å². The van der Waals surface area contributed by atoms with Crippen LogP contribution < -0.4 is 5.56 Å². The average Bonchev–Trinajstić information content (AvgIpc) is 2.77. The smallest absolute Gasteiger partial charge is 0.277 e.